The molecule has 5 nitrogen and oxygen atoms in total. The monoisotopic (exact) mass is 337 g/mol. The van der Waals surface area contributed by atoms with Gasteiger partial charge in [0.25, 0.3) is 11.5 Å². The lowest BCUT2D eigenvalue weighted by atomic mass is 9.95. The summed E-state index contributed by atoms with van der Waals surface area (Å²) in [6.07, 6.45) is 9.16. The average molecular weight is 338 g/mol. The zero-order valence-electron chi connectivity index (χ0n) is 13.3. The number of nitrogens with one attached hydrogen (secondary N) is 2. The van der Waals surface area contributed by atoms with Crippen molar-refractivity contribution < 1.29 is 4.79 Å². The van der Waals surface area contributed by atoms with Crippen LogP contribution in [0.4, 0.5) is 0 Å². The van der Waals surface area contributed by atoms with Crippen molar-refractivity contribution in [1.29, 1.82) is 0 Å². The Hall–Kier alpha value is -1.33. The van der Waals surface area contributed by atoms with Gasteiger partial charge >= 0.3 is 0 Å². The number of carbonyl (C=O) groups is 1. The van der Waals surface area contributed by atoms with Crippen LogP contribution in [0.2, 0.25) is 5.02 Å². The molecule has 2 heterocycles. The molecule has 2 fully saturated rings. The van der Waals surface area contributed by atoms with Crippen molar-refractivity contribution in [3.63, 3.8) is 0 Å². The number of aromatic amines is 1. The molecule has 2 aliphatic rings. The second-order valence-electron chi connectivity index (χ2n) is 6.69. The largest absolute Gasteiger partial charge is 0.352 e. The molecule has 1 aliphatic heterocycles. The van der Waals surface area contributed by atoms with Gasteiger partial charge in [0.15, 0.2) is 0 Å². The molecule has 0 bridgehead atoms. The molecule has 1 aromatic heterocycles. The first-order valence-corrected chi connectivity index (χ1v) is 8.92. The van der Waals surface area contributed by atoms with Crippen molar-refractivity contribution in [3.05, 3.63) is 33.2 Å². The molecular formula is C17H24ClN3O2. The molecule has 2 N–H and O–H groups in total. The van der Waals surface area contributed by atoms with Crippen LogP contribution in [0.15, 0.2) is 17.1 Å². The van der Waals surface area contributed by atoms with Gasteiger partial charge in [-0.3, -0.25) is 9.59 Å². The Morgan fingerprint density at radius 1 is 1.26 bits per heavy atom. The van der Waals surface area contributed by atoms with Gasteiger partial charge in [-0.25, -0.2) is 0 Å². The van der Waals surface area contributed by atoms with Gasteiger partial charge in [0, 0.05) is 18.8 Å². The first kappa shape index (κ1) is 16.5. The fourth-order valence-corrected chi connectivity index (χ4v) is 3.89. The lowest BCUT2D eigenvalue weighted by Crippen LogP contribution is -2.42. The normalized spacial score (nSPS) is 20.7. The van der Waals surface area contributed by atoms with Crippen molar-refractivity contribution in [1.82, 2.24) is 15.2 Å². The lowest BCUT2D eigenvalue weighted by molar-refractivity contribution is 0.0924. The molecule has 0 atom stereocenters. The van der Waals surface area contributed by atoms with Crippen LogP contribution in [0, 0.1) is 5.92 Å². The van der Waals surface area contributed by atoms with Crippen molar-refractivity contribution in [2.24, 2.45) is 5.92 Å². The van der Waals surface area contributed by atoms with E-state index in [9.17, 15) is 9.59 Å². The van der Waals surface area contributed by atoms with E-state index in [0.717, 1.165) is 32.0 Å². The molecule has 0 radical (unpaired) electrons. The summed E-state index contributed by atoms with van der Waals surface area (Å²) < 4.78 is 0. The number of rotatable bonds is 4. The first-order chi connectivity index (χ1) is 11.1. The molecule has 3 rings (SSSR count). The fraction of sp³-hybridized carbons (Fsp3) is 0.647. The highest BCUT2D eigenvalue weighted by Gasteiger charge is 2.27. The summed E-state index contributed by atoms with van der Waals surface area (Å²) in [4.78, 5) is 28.4. The van der Waals surface area contributed by atoms with E-state index < -0.39 is 0 Å². The number of pyridine rings is 1. The highest BCUT2D eigenvalue weighted by Crippen LogP contribution is 2.27. The molecule has 23 heavy (non-hydrogen) atoms. The number of amides is 1. The highest BCUT2D eigenvalue weighted by atomic mass is 35.5. The average Bonchev–Trinajstić information content (AvgIpc) is 3.10. The Kier molecular flexibility index (Phi) is 5.38. The van der Waals surface area contributed by atoms with Crippen LogP contribution in [0.3, 0.4) is 0 Å². The zero-order chi connectivity index (χ0) is 16.2. The maximum Gasteiger partial charge on any atom is 0.266 e. The summed E-state index contributed by atoms with van der Waals surface area (Å²) in [6.45, 7) is 2.99. The van der Waals surface area contributed by atoms with E-state index in [1.807, 2.05) is 0 Å². The standard InChI is InChI=1S/C17H24ClN3O2/c18-15-9-13(11-20-17(15)23)16(22)19-10-12-5-7-21(8-6-12)14-3-1-2-4-14/h9,11-12,14H,1-8,10H2,(H,19,22)(H,20,23). The Bertz CT molecular complexity index is 602. The van der Waals surface area contributed by atoms with Crippen LogP contribution in [-0.2, 0) is 0 Å². The zero-order valence-corrected chi connectivity index (χ0v) is 14.1. The topological polar surface area (TPSA) is 65.2 Å². The SMILES string of the molecule is O=C(NCC1CCN(C2CCCC2)CC1)c1c[nH]c(=O)c(Cl)c1. The maximum atomic E-state index is 12.1. The first-order valence-electron chi connectivity index (χ1n) is 8.54. The Balaban J connectivity index is 1.44. The van der Waals surface area contributed by atoms with Gasteiger partial charge in [0.1, 0.15) is 5.02 Å². The Morgan fingerprint density at radius 2 is 1.96 bits per heavy atom. The summed E-state index contributed by atoms with van der Waals surface area (Å²) in [5.41, 5.74) is 0.0282. The minimum atomic E-state index is -0.373. The second-order valence-corrected chi connectivity index (χ2v) is 7.10. The molecule has 1 saturated heterocycles. The fourth-order valence-electron chi connectivity index (χ4n) is 3.72. The van der Waals surface area contributed by atoms with Gasteiger partial charge in [0.05, 0.1) is 5.56 Å². The Labute approximate surface area is 141 Å². The molecule has 0 unspecified atom stereocenters. The minimum Gasteiger partial charge on any atom is -0.352 e. The van der Waals surface area contributed by atoms with Crippen molar-refractivity contribution >= 4 is 17.5 Å². The number of carbonyl (C=O) groups excluding carboxylic acids is 1. The molecule has 1 aromatic rings. The van der Waals surface area contributed by atoms with Crippen LogP contribution in [0.25, 0.3) is 0 Å². The van der Waals surface area contributed by atoms with E-state index in [1.54, 1.807) is 0 Å². The van der Waals surface area contributed by atoms with E-state index >= 15 is 0 Å². The predicted octanol–water partition coefficient (Wildman–Crippen LogP) is 2.41. The number of aromatic nitrogens is 1. The van der Waals surface area contributed by atoms with Crippen LogP contribution in [0.5, 0.6) is 0 Å². The van der Waals surface area contributed by atoms with E-state index in [0.29, 0.717) is 18.0 Å². The summed E-state index contributed by atoms with van der Waals surface area (Å²) in [7, 11) is 0. The van der Waals surface area contributed by atoms with Crippen molar-refractivity contribution in [2.75, 3.05) is 19.6 Å². The van der Waals surface area contributed by atoms with Crippen molar-refractivity contribution in [2.45, 2.75) is 44.6 Å². The second kappa shape index (κ2) is 7.49. The number of H-pyrrole nitrogens is 1. The smallest absolute Gasteiger partial charge is 0.266 e. The van der Waals surface area contributed by atoms with Crippen LogP contribution in [0.1, 0.15) is 48.9 Å². The molecule has 0 aromatic carbocycles. The molecule has 1 amide bonds. The van der Waals surface area contributed by atoms with E-state index in [-0.39, 0.29) is 16.5 Å². The van der Waals surface area contributed by atoms with Gasteiger partial charge in [-0.1, -0.05) is 24.4 Å². The molecule has 6 heteroatoms. The quantitative estimate of drug-likeness (QED) is 0.886. The van der Waals surface area contributed by atoms with Gasteiger partial charge in [-0.05, 0) is 50.8 Å². The lowest BCUT2D eigenvalue weighted by Gasteiger charge is -2.36. The van der Waals surface area contributed by atoms with Gasteiger partial charge in [-0.2, -0.15) is 0 Å². The van der Waals surface area contributed by atoms with Gasteiger partial charge in [0.2, 0.25) is 0 Å². The van der Waals surface area contributed by atoms with Crippen LogP contribution >= 0.6 is 11.6 Å². The number of piperidine rings is 1. The number of hydrogen-bond donors (Lipinski definition) is 2. The third kappa shape index (κ3) is 4.15. The predicted molar refractivity (Wildman–Crippen MR) is 91.0 cm³/mol. The number of nitrogens with zero attached hydrogens (tertiary/aromatic N) is 1. The van der Waals surface area contributed by atoms with Gasteiger partial charge in [-0.15, -0.1) is 0 Å². The number of hydrogen-bond acceptors (Lipinski definition) is 3. The molecule has 126 valence electrons. The molecule has 1 aliphatic carbocycles. The van der Waals surface area contributed by atoms with E-state index in [1.165, 1.54) is 37.9 Å². The van der Waals surface area contributed by atoms with Gasteiger partial charge < -0.3 is 15.2 Å². The summed E-state index contributed by atoms with van der Waals surface area (Å²) in [5, 5.41) is 3.01. The third-order valence-electron chi connectivity index (χ3n) is 5.16. The van der Waals surface area contributed by atoms with Crippen LogP contribution < -0.4 is 10.9 Å². The third-order valence-corrected chi connectivity index (χ3v) is 5.44. The minimum absolute atomic E-state index is 0.0440. The van der Waals surface area contributed by atoms with Crippen LogP contribution in [-0.4, -0.2) is 41.5 Å². The Morgan fingerprint density at radius 3 is 2.61 bits per heavy atom. The molecule has 1 saturated carbocycles. The van der Waals surface area contributed by atoms with Crippen molar-refractivity contribution in [3.8, 4) is 0 Å². The molecule has 0 spiro atoms. The summed E-state index contributed by atoms with van der Waals surface area (Å²) in [5.74, 6) is 0.358. The number of halogens is 1. The summed E-state index contributed by atoms with van der Waals surface area (Å²) in [6, 6.07) is 2.21. The molecular weight excluding hydrogens is 314 g/mol. The van der Waals surface area contributed by atoms with E-state index in [2.05, 4.69) is 15.2 Å². The highest BCUT2D eigenvalue weighted by molar-refractivity contribution is 6.30. The summed E-state index contributed by atoms with van der Waals surface area (Å²) >= 11 is 5.76. The maximum absolute atomic E-state index is 12.1. The number of likely N-dealkylation sites (tertiary alicyclic amines) is 1. The van der Waals surface area contributed by atoms with E-state index in [4.69, 9.17) is 11.6 Å².